The summed E-state index contributed by atoms with van der Waals surface area (Å²) in [4.78, 5) is 2.76. The van der Waals surface area contributed by atoms with E-state index >= 15 is 0 Å². The zero-order chi connectivity index (χ0) is 14.8. The van der Waals surface area contributed by atoms with E-state index in [4.69, 9.17) is 5.73 Å². The van der Waals surface area contributed by atoms with E-state index in [2.05, 4.69) is 36.9 Å². The molecule has 2 nitrogen and oxygen atoms in total. The third kappa shape index (κ3) is 3.02. The minimum Gasteiger partial charge on any atom is -0.329 e. The van der Waals surface area contributed by atoms with E-state index in [1.165, 1.54) is 61.8 Å². The lowest BCUT2D eigenvalue weighted by Crippen LogP contribution is -2.50. The van der Waals surface area contributed by atoms with Gasteiger partial charge in [-0.1, -0.05) is 36.6 Å². The molecule has 2 N–H and O–H groups in total. The van der Waals surface area contributed by atoms with Gasteiger partial charge in [-0.15, -0.1) is 0 Å². The maximum Gasteiger partial charge on any atom is 0.0476 e. The zero-order valence-electron chi connectivity index (χ0n) is 13.6. The second-order valence-electron chi connectivity index (χ2n) is 7.10. The van der Waals surface area contributed by atoms with Crippen LogP contribution in [0.1, 0.15) is 61.3 Å². The molecule has 116 valence electrons. The van der Waals surface area contributed by atoms with E-state index in [0.29, 0.717) is 6.04 Å². The van der Waals surface area contributed by atoms with Crippen molar-refractivity contribution < 1.29 is 0 Å². The number of fused-ring (bicyclic) bond motifs is 1. The normalized spacial score (nSPS) is 28.1. The fourth-order valence-electron chi connectivity index (χ4n) is 4.61. The molecule has 21 heavy (non-hydrogen) atoms. The van der Waals surface area contributed by atoms with Crippen LogP contribution in [0.3, 0.4) is 0 Å². The number of benzene rings is 1. The molecule has 3 rings (SSSR count). The Morgan fingerprint density at radius 3 is 2.71 bits per heavy atom. The Kier molecular flexibility index (Phi) is 4.66. The van der Waals surface area contributed by atoms with Gasteiger partial charge in [0.2, 0.25) is 0 Å². The predicted molar refractivity (Wildman–Crippen MR) is 89.4 cm³/mol. The molecule has 1 aliphatic carbocycles. The number of nitrogens with zero attached hydrogens (tertiary/aromatic N) is 1. The number of hydrogen-bond acceptors (Lipinski definition) is 2. The van der Waals surface area contributed by atoms with Gasteiger partial charge in [-0.25, -0.2) is 0 Å². The molecule has 0 amide bonds. The van der Waals surface area contributed by atoms with Gasteiger partial charge in [-0.05, 0) is 63.1 Å². The Morgan fingerprint density at radius 2 is 1.90 bits per heavy atom. The molecule has 2 heteroatoms. The SMILES string of the molecule is Cc1ccc(C)c(C(CN)N2CCCC3CCCCC32)c1. The number of nitrogens with two attached hydrogens (primary N) is 1. The fraction of sp³-hybridized carbons (Fsp3) is 0.684. The molecule has 0 aromatic heterocycles. The van der Waals surface area contributed by atoms with Crippen molar-refractivity contribution in [3.8, 4) is 0 Å². The van der Waals surface area contributed by atoms with Crippen molar-refractivity contribution >= 4 is 0 Å². The number of hydrogen-bond donors (Lipinski definition) is 1. The molecular weight excluding hydrogens is 256 g/mol. The highest BCUT2D eigenvalue weighted by Gasteiger charge is 2.36. The van der Waals surface area contributed by atoms with Crippen molar-refractivity contribution in [1.29, 1.82) is 0 Å². The minimum absolute atomic E-state index is 0.413. The van der Waals surface area contributed by atoms with E-state index in [1.807, 2.05) is 0 Å². The second kappa shape index (κ2) is 6.50. The van der Waals surface area contributed by atoms with Crippen LogP contribution in [-0.4, -0.2) is 24.0 Å². The lowest BCUT2D eigenvalue weighted by Gasteiger charge is -2.48. The predicted octanol–water partition coefficient (Wildman–Crippen LogP) is 3.96. The average molecular weight is 286 g/mol. The van der Waals surface area contributed by atoms with E-state index in [0.717, 1.165) is 18.5 Å². The van der Waals surface area contributed by atoms with Gasteiger partial charge in [0.1, 0.15) is 0 Å². The summed E-state index contributed by atoms with van der Waals surface area (Å²) in [6.07, 6.45) is 8.44. The van der Waals surface area contributed by atoms with Crippen LogP contribution in [0.4, 0.5) is 0 Å². The summed E-state index contributed by atoms with van der Waals surface area (Å²) >= 11 is 0. The summed E-state index contributed by atoms with van der Waals surface area (Å²) in [5.74, 6) is 0.923. The van der Waals surface area contributed by atoms with Crippen molar-refractivity contribution in [3.05, 3.63) is 34.9 Å². The Morgan fingerprint density at radius 1 is 1.14 bits per heavy atom. The lowest BCUT2D eigenvalue weighted by atomic mass is 9.77. The molecule has 1 heterocycles. The van der Waals surface area contributed by atoms with Crippen molar-refractivity contribution in [2.45, 2.75) is 64.5 Å². The Hall–Kier alpha value is -0.860. The Bertz CT molecular complexity index is 480. The number of likely N-dealkylation sites (tertiary alicyclic amines) is 1. The van der Waals surface area contributed by atoms with Gasteiger partial charge >= 0.3 is 0 Å². The quantitative estimate of drug-likeness (QED) is 0.911. The molecule has 0 spiro atoms. The van der Waals surface area contributed by atoms with E-state index in [1.54, 1.807) is 0 Å². The molecule has 3 unspecified atom stereocenters. The first-order chi connectivity index (χ1) is 10.2. The minimum atomic E-state index is 0.413. The highest BCUT2D eigenvalue weighted by molar-refractivity contribution is 5.33. The number of rotatable bonds is 3. The summed E-state index contributed by atoms with van der Waals surface area (Å²) in [5, 5.41) is 0. The van der Waals surface area contributed by atoms with Crippen LogP contribution >= 0.6 is 0 Å². The van der Waals surface area contributed by atoms with Crippen molar-refractivity contribution in [2.75, 3.05) is 13.1 Å². The highest BCUT2D eigenvalue weighted by Crippen LogP contribution is 2.39. The Balaban J connectivity index is 1.89. The summed E-state index contributed by atoms with van der Waals surface area (Å²) in [6, 6.07) is 8.03. The standard InChI is InChI=1S/C19H30N2/c1-14-9-10-15(2)17(12-14)19(13-20)21-11-5-7-16-6-3-4-8-18(16)21/h9-10,12,16,18-19H,3-8,11,13,20H2,1-2H3. The van der Waals surface area contributed by atoms with Gasteiger partial charge in [0.15, 0.2) is 0 Å². The van der Waals surface area contributed by atoms with Gasteiger partial charge in [-0.2, -0.15) is 0 Å². The smallest absolute Gasteiger partial charge is 0.0476 e. The molecule has 1 aliphatic heterocycles. The van der Waals surface area contributed by atoms with Gasteiger partial charge in [-0.3, -0.25) is 4.90 Å². The molecule has 0 bridgehead atoms. The first kappa shape index (κ1) is 15.1. The van der Waals surface area contributed by atoms with Gasteiger partial charge < -0.3 is 5.73 Å². The first-order valence-corrected chi connectivity index (χ1v) is 8.73. The van der Waals surface area contributed by atoms with Gasteiger partial charge in [0.25, 0.3) is 0 Å². The molecule has 2 fully saturated rings. The lowest BCUT2D eigenvalue weighted by molar-refractivity contribution is 0.0274. The summed E-state index contributed by atoms with van der Waals surface area (Å²) < 4.78 is 0. The monoisotopic (exact) mass is 286 g/mol. The van der Waals surface area contributed by atoms with Gasteiger partial charge in [0.05, 0.1) is 0 Å². The topological polar surface area (TPSA) is 29.3 Å². The molecular formula is C19H30N2. The first-order valence-electron chi connectivity index (χ1n) is 8.73. The molecule has 3 atom stereocenters. The fourth-order valence-corrected chi connectivity index (χ4v) is 4.61. The molecule has 1 saturated carbocycles. The van der Waals surface area contributed by atoms with Crippen LogP contribution < -0.4 is 5.73 Å². The van der Waals surface area contributed by atoms with E-state index < -0.39 is 0 Å². The number of piperidine rings is 1. The van der Waals surface area contributed by atoms with E-state index in [-0.39, 0.29) is 0 Å². The third-order valence-electron chi connectivity index (χ3n) is 5.70. The van der Waals surface area contributed by atoms with Crippen LogP contribution in [0.25, 0.3) is 0 Å². The number of aryl methyl sites for hydroxylation is 2. The third-order valence-corrected chi connectivity index (χ3v) is 5.70. The van der Waals surface area contributed by atoms with Crippen LogP contribution in [0.2, 0.25) is 0 Å². The highest BCUT2D eigenvalue weighted by atomic mass is 15.2. The van der Waals surface area contributed by atoms with Crippen molar-refractivity contribution in [2.24, 2.45) is 11.7 Å². The van der Waals surface area contributed by atoms with E-state index in [9.17, 15) is 0 Å². The maximum atomic E-state index is 6.23. The average Bonchev–Trinajstić information content (AvgIpc) is 2.51. The summed E-state index contributed by atoms with van der Waals surface area (Å²) in [5.41, 5.74) is 10.4. The summed E-state index contributed by atoms with van der Waals surface area (Å²) in [7, 11) is 0. The van der Waals surface area contributed by atoms with Crippen LogP contribution in [0.15, 0.2) is 18.2 Å². The van der Waals surface area contributed by atoms with Crippen LogP contribution in [0.5, 0.6) is 0 Å². The van der Waals surface area contributed by atoms with Crippen LogP contribution in [-0.2, 0) is 0 Å². The molecule has 1 aromatic carbocycles. The molecule has 1 aromatic rings. The van der Waals surface area contributed by atoms with Crippen molar-refractivity contribution in [1.82, 2.24) is 4.90 Å². The Labute approximate surface area is 129 Å². The van der Waals surface area contributed by atoms with Crippen molar-refractivity contribution in [3.63, 3.8) is 0 Å². The molecule has 0 radical (unpaired) electrons. The molecule has 2 aliphatic rings. The van der Waals surface area contributed by atoms with Gasteiger partial charge in [0, 0.05) is 18.6 Å². The molecule has 1 saturated heterocycles. The zero-order valence-corrected chi connectivity index (χ0v) is 13.6. The summed E-state index contributed by atoms with van der Waals surface area (Å²) in [6.45, 7) is 6.40. The second-order valence-corrected chi connectivity index (χ2v) is 7.10. The largest absolute Gasteiger partial charge is 0.329 e. The maximum absolute atomic E-state index is 6.23. The van der Waals surface area contributed by atoms with Crippen LogP contribution in [0, 0.1) is 19.8 Å².